The van der Waals surface area contributed by atoms with Crippen molar-refractivity contribution in [1.29, 1.82) is 0 Å². The molecule has 2 rings (SSSR count). The summed E-state index contributed by atoms with van der Waals surface area (Å²) in [7, 11) is 3.59. The van der Waals surface area contributed by atoms with E-state index >= 15 is 0 Å². The highest BCUT2D eigenvalue weighted by molar-refractivity contribution is 7.99. The first-order valence-corrected chi connectivity index (χ1v) is 7.02. The molecule has 1 aromatic carbocycles. The van der Waals surface area contributed by atoms with Crippen LogP contribution in [-0.4, -0.2) is 39.3 Å². The van der Waals surface area contributed by atoms with Crippen LogP contribution in [0.3, 0.4) is 0 Å². The minimum Gasteiger partial charge on any atom is -0.497 e. The van der Waals surface area contributed by atoms with Crippen LogP contribution in [0.25, 0.3) is 11.4 Å². The lowest BCUT2D eigenvalue weighted by Crippen LogP contribution is -1.96. The standard InChI is InChI=1S/C13H17N3O2S/c1-16-12(10-4-6-11(18-2)7-5-10)14-15-13(16)19-9-3-8-17/h4-7,17H,3,8-9H2,1-2H3. The molecule has 0 saturated carbocycles. The van der Waals surface area contributed by atoms with Gasteiger partial charge in [0.15, 0.2) is 11.0 Å². The summed E-state index contributed by atoms with van der Waals surface area (Å²) in [5.41, 5.74) is 1.00. The van der Waals surface area contributed by atoms with Crippen LogP contribution in [0.2, 0.25) is 0 Å². The lowest BCUT2D eigenvalue weighted by atomic mass is 10.2. The summed E-state index contributed by atoms with van der Waals surface area (Å²) in [6.07, 6.45) is 0.759. The summed E-state index contributed by atoms with van der Waals surface area (Å²) in [4.78, 5) is 0. The third-order valence-electron chi connectivity index (χ3n) is 2.72. The van der Waals surface area contributed by atoms with Crippen molar-refractivity contribution in [3.05, 3.63) is 24.3 Å². The number of nitrogens with zero attached hydrogens (tertiary/aromatic N) is 3. The van der Waals surface area contributed by atoms with Gasteiger partial charge in [-0.1, -0.05) is 11.8 Å². The molecule has 1 aromatic heterocycles. The maximum absolute atomic E-state index is 8.78. The van der Waals surface area contributed by atoms with E-state index in [0.29, 0.717) is 0 Å². The Kier molecular flexibility index (Phi) is 4.81. The van der Waals surface area contributed by atoms with E-state index in [-0.39, 0.29) is 6.61 Å². The minimum atomic E-state index is 0.205. The van der Waals surface area contributed by atoms with Gasteiger partial charge in [-0.3, -0.25) is 0 Å². The molecule has 19 heavy (non-hydrogen) atoms. The summed E-state index contributed by atoms with van der Waals surface area (Å²) in [6, 6.07) is 7.74. The average Bonchev–Trinajstić information content (AvgIpc) is 2.81. The van der Waals surface area contributed by atoms with Gasteiger partial charge in [0.1, 0.15) is 5.75 Å². The van der Waals surface area contributed by atoms with Gasteiger partial charge < -0.3 is 14.4 Å². The average molecular weight is 279 g/mol. The summed E-state index contributed by atoms with van der Waals surface area (Å²) in [5, 5.41) is 18.0. The van der Waals surface area contributed by atoms with Gasteiger partial charge in [-0.25, -0.2) is 0 Å². The van der Waals surface area contributed by atoms with Gasteiger partial charge in [-0.2, -0.15) is 0 Å². The number of aliphatic hydroxyl groups excluding tert-OH is 1. The topological polar surface area (TPSA) is 60.2 Å². The van der Waals surface area contributed by atoms with E-state index < -0.39 is 0 Å². The third kappa shape index (κ3) is 3.27. The molecule has 0 amide bonds. The number of aliphatic hydroxyl groups is 1. The van der Waals surface area contributed by atoms with Crippen LogP contribution < -0.4 is 4.74 Å². The normalized spacial score (nSPS) is 10.7. The van der Waals surface area contributed by atoms with E-state index in [1.54, 1.807) is 18.9 Å². The van der Waals surface area contributed by atoms with E-state index in [4.69, 9.17) is 9.84 Å². The Bertz CT molecular complexity index is 525. The first-order valence-electron chi connectivity index (χ1n) is 6.03. The molecule has 0 saturated heterocycles. The van der Waals surface area contributed by atoms with Gasteiger partial charge >= 0.3 is 0 Å². The largest absolute Gasteiger partial charge is 0.497 e. The predicted molar refractivity (Wildman–Crippen MR) is 75.4 cm³/mol. The lowest BCUT2D eigenvalue weighted by molar-refractivity contribution is 0.296. The second-order valence-electron chi connectivity index (χ2n) is 4.02. The molecule has 0 atom stereocenters. The quantitative estimate of drug-likeness (QED) is 0.647. The predicted octanol–water partition coefficient (Wildman–Crippen LogP) is 1.97. The minimum absolute atomic E-state index is 0.205. The molecule has 0 aliphatic rings. The van der Waals surface area contributed by atoms with Gasteiger partial charge in [-0.05, 0) is 30.7 Å². The van der Waals surface area contributed by atoms with Crippen molar-refractivity contribution in [3.8, 4) is 17.1 Å². The van der Waals surface area contributed by atoms with Crippen LogP contribution in [0.1, 0.15) is 6.42 Å². The Morgan fingerprint density at radius 1 is 1.26 bits per heavy atom. The molecule has 102 valence electrons. The fourth-order valence-corrected chi connectivity index (χ4v) is 2.49. The van der Waals surface area contributed by atoms with E-state index in [0.717, 1.165) is 34.5 Å². The number of hydrogen-bond donors (Lipinski definition) is 1. The lowest BCUT2D eigenvalue weighted by Gasteiger charge is -2.04. The van der Waals surface area contributed by atoms with Gasteiger partial charge in [0, 0.05) is 25.0 Å². The van der Waals surface area contributed by atoms with Crippen molar-refractivity contribution in [1.82, 2.24) is 14.8 Å². The molecular weight excluding hydrogens is 262 g/mol. The first kappa shape index (κ1) is 13.9. The van der Waals surface area contributed by atoms with Crippen molar-refractivity contribution >= 4 is 11.8 Å². The molecule has 0 bridgehead atoms. The zero-order valence-corrected chi connectivity index (χ0v) is 11.9. The fraction of sp³-hybridized carbons (Fsp3) is 0.385. The molecule has 1 N–H and O–H groups in total. The monoisotopic (exact) mass is 279 g/mol. The number of rotatable bonds is 6. The number of hydrogen-bond acceptors (Lipinski definition) is 5. The van der Waals surface area contributed by atoms with Crippen LogP contribution >= 0.6 is 11.8 Å². The van der Waals surface area contributed by atoms with Crippen molar-refractivity contribution in [2.24, 2.45) is 7.05 Å². The Morgan fingerprint density at radius 2 is 2.00 bits per heavy atom. The molecule has 0 unspecified atom stereocenters. The number of methoxy groups -OCH3 is 1. The van der Waals surface area contributed by atoms with Crippen molar-refractivity contribution < 1.29 is 9.84 Å². The number of thioether (sulfide) groups is 1. The highest BCUT2D eigenvalue weighted by atomic mass is 32.2. The molecule has 0 aliphatic carbocycles. The van der Waals surface area contributed by atoms with Crippen LogP contribution in [0, 0.1) is 0 Å². The molecule has 2 aromatic rings. The summed E-state index contributed by atoms with van der Waals surface area (Å²) >= 11 is 1.60. The first-order chi connectivity index (χ1) is 9.26. The summed E-state index contributed by atoms with van der Waals surface area (Å²) in [5.74, 6) is 2.49. The van der Waals surface area contributed by atoms with E-state index in [1.807, 2.05) is 35.9 Å². The van der Waals surface area contributed by atoms with Crippen molar-refractivity contribution in [2.45, 2.75) is 11.6 Å². The van der Waals surface area contributed by atoms with Crippen LogP contribution in [0.5, 0.6) is 5.75 Å². The van der Waals surface area contributed by atoms with Crippen molar-refractivity contribution in [3.63, 3.8) is 0 Å². The molecule has 0 radical (unpaired) electrons. The number of ether oxygens (including phenoxy) is 1. The maximum atomic E-state index is 8.78. The van der Waals surface area contributed by atoms with E-state index in [1.165, 1.54) is 0 Å². The van der Waals surface area contributed by atoms with Crippen LogP contribution in [0.4, 0.5) is 0 Å². The van der Waals surface area contributed by atoms with Crippen LogP contribution in [-0.2, 0) is 7.05 Å². The Hall–Kier alpha value is -1.53. The molecular formula is C13H17N3O2S. The highest BCUT2D eigenvalue weighted by Crippen LogP contribution is 2.24. The second-order valence-corrected chi connectivity index (χ2v) is 5.08. The fourth-order valence-electron chi connectivity index (χ4n) is 1.66. The van der Waals surface area contributed by atoms with E-state index in [9.17, 15) is 0 Å². The zero-order chi connectivity index (χ0) is 13.7. The summed E-state index contributed by atoms with van der Waals surface area (Å²) in [6.45, 7) is 0.205. The Labute approximate surface area is 116 Å². The molecule has 0 spiro atoms. The summed E-state index contributed by atoms with van der Waals surface area (Å²) < 4.78 is 7.10. The third-order valence-corrected chi connectivity index (χ3v) is 3.82. The zero-order valence-electron chi connectivity index (χ0n) is 11.0. The van der Waals surface area contributed by atoms with Gasteiger partial charge in [0.2, 0.25) is 0 Å². The van der Waals surface area contributed by atoms with Crippen LogP contribution in [0.15, 0.2) is 29.4 Å². The smallest absolute Gasteiger partial charge is 0.191 e. The second kappa shape index (κ2) is 6.58. The van der Waals surface area contributed by atoms with Gasteiger partial charge in [0.05, 0.1) is 7.11 Å². The molecule has 0 fully saturated rings. The molecule has 5 nitrogen and oxygen atoms in total. The molecule has 1 heterocycles. The van der Waals surface area contributed by atoms with Gasteiger partial charge in [-0.15, -0.1) is 10.2 Å². The maximum Gasteiger partial charge on any atom is 0.191 e. The SMILES string of the molecule is COc1ccc(-c2nnc(SCCCO)n2C)cc1. The van der Waals surface area contributed by atoms with Crippen molar-refractivity contribution in [2.75, 3.05) is 19.5 Å². The van der Waals surface area contributed by atoms with Gasteiger partial charge in [0.25, 0.3) is 0 Å². The number of benzene rings is 1. The number of aromatic nitrogens is 3. The Balaban J connectivity index is 2.15. The highest BCUT2D eigenvalue weighted by Gasteiger charge is 2.10. The molecule has 0 aliphatic heterocycles. The Morgan fingerprint density at radius 3 is 2.63 bits per heavy atom. The van der Waals surface area contributed by atoms with E-state index in [2.05, 4.69) is 10.2 Å². The molecule has 6 heteroatoms.